The van der Waals surface area contributed by atoms with Crippen LogP contribution in [0.15, 0.2) is 0 Å². The second-order valence-electron chi connectivity index (χ2n) is 6.23. The minimum absolute atomic E-state index is 0.0842. The highest BCUT2D eigenvalue weighted by atomic mass is 16.5. The molecule has 0 radical (unpaired) electrons. The van der Waals surface area contributed by atoms with Crippen molar-refractivity contribution in [2.75, 3.05) is 33.3 Å². The van der Waals surface area contributed by atoms with E-state index in [-0.39, 0.29) is 5.60 Å². The Labute approximate surface area is 113 Å². The zero-order valence-electron chi connectivity index (χ0n) is 13.0. The van der Waals surface area contributed by atoms with Crippen molar-refractivity contribution in [1.82, 2.24) is 10.2 Å². The third kappa shape index (κ3) is 4.87. The predicted octanol–water partition coefficient (Wildman–Crippen LogP) is 2.51. The van der Waals surface area contributed by atoms with Crippen molar-refractivity contribution in [1.29, 1.82) is 0 Å². The summed E-state index contributed by atoms with van der Waals surface area (Å²) in [4.78, 5) is 2.61. The molecule has 0 amide bonds. The van der Waals surface area contributed by atoms with Crippen LogP contribution in [0.25, 0.3) is 0 Å². The molecule has 1 fully saturated rings. The lowest BCUT2D eigenvalue weighted by atomic mass is 9.94. The summed E-state index contributed by atoms with van der Waals surface area (Å²) in [6.45, 7) is 13.6. The fourth-order valence-electron chi connectivity index (χ4n) is 2.68. The van der Waals surface area contributed by atoms with E-state index in [2.05, 4.69) is 37.9 Å². The van der Waals surface area contributed by atoms with E-state index in [1.807, 2.05) is 7.11 Å². The van der Waals surface area contributed by atoms with Crippen molar-refractivity contribution >= 4 is 0 Å². The predicted molar refractivity (Wildman–Crippen MR) is 78.0 cm³/mol. The van der Waals surface area contributed by atoms with E-state index in [0.29, 0.717) is 6.04 Å². The van der Waals surface area contributed by atoms with Crippen molar-refractivity contribution in [3.05, 3.63) is 0 Å². The molecule has 1 aliphatic rings. The van der Waals surface area contributed by atoms with Crippen LogP contribution in [-0.2, 0) is 4.74 Å². The Morgan fingerprint density at radius 1 is 1.33 bits per heavy atom. The minimum atomic E-state index is -0.0842. The summed E-state index contributed by atoms with van der Waals surface area (Å²) in [5, 5.41) is 3.57. The first-order valence-corrected chi connectivity index (χ1v) is 7.50. The van der Waals surface area contributed by atoms with Crippen LogP contribution in [0.5, 0.6) is 0 Å². The molecule has 1 heterocycles. The summed E-state index contributed by atoms with van der Waals surface area (Å²) in [7, 11) is 1.81. The smallest absolute Gasteiger partial charge is 0.0775 e. The molecule has 1 N–H and O–H groups in total. The fourth-order valence-corrected chi connectivity index (χ4v) is 2.68. The molecule has 0 aromatic heterocycles. The largest absolute Gasteiger partial charge is 0.377 e. The van der Waals surface area contributed by atoms with Gasteiger partial charge in [0.1, 0.15) is 0 Å². The number of piperidine rings is 1. The zero-order valence-corrected chi connectivity index (χ0v) is 13.0. The number of rotatable bonds is 7. The molecule has 0 spiro atoms. The van der Waals surface area contributed by atoms with Gasteiger partial charge in [0, 0.05) is 13.2 Å². The first-order valence-electron chi connectivity index (χ1n) is 7.50. The number of nitrogens with one attached hydrogen (secondary N) is 1. The first kappa shape index (κ1) is 15.9. The topological polar surface area (TPSA) is 24.5 Å². The van der Waals surface area contributed by atoms with Crippen LogP contribution in [-0.4, -0.2) is 49.8 Å². The standard InChI is InChI=1S/C15H32N2O/c1-6-16-14(15(3,4)18-5)9-12-17-10-7-13(2)8-11-17/h13-14,16H,6-12H2,1-5H3. The van der Waals surface area contributed by atoms with Crippen LogP contribution < -0.4 is 5.32 Å². The number of likely N-dealkylation sites (N-methyl/N-ethyl adjacent to an activating group) is 1. The van der Waals surface area contributed by atoms with Gasteiger partial charge in [-0.3, -0.25) is 0 Å². The van der Waals surface area contributed by atoms with E-state index < -0.39 is 0 Å². The van der Waals surface area contributed by atoms with Gasteiger partial charge in [-0.1, -0.05) is 13.8 Å². The van der Waals surface area contributed by atoms with Gasteiger partial charge in [0.05, 0.1) is 5.60 Å². The molecular weight excluding hydrogens is 224 g/mol. The van der Waals surface area contributed by atoms with Gasteiger partial charge in [0.25, 0.3) is 0 Å². The molecule has 108 valence electrons. The number of likely N-dealkylation sites (tertiary alicyclic amines) is 1. The van der Waals surface area contributed by atoms with E-state index in [1.54, 1.807) is 0 Å². The summed E-state index contributed by atoms with van der Waals surface area (Å²) in [5.74, 6) is 0.918. The molecular formula is C15H32N2O. The number of hydrogen-bond donors (Lipinski definition) is 1. The average molecular weight is 256 g/mol. The lowest BCUT2D eigenvalue weighted by molar-refractivity contribution is -0.0151. The number of methoxy groups -OCH3 is 1. The van der Waals surface area contributed by atoms with Crippen LogP contribution in [0.4, 0.5) is 0 Å². The molecule has 0 saturated carbocycles. The Hall–Kier alpha value is -0.120. The Bertz CT molecular complexity index is 223. The minimum Gasteiger partial charge on any atom is -0.377 e. The molecule has 18 heavy (non-hydrogen) atoms. The van der Waals surface area contributed by atoms with Crippen molar-refractivity contribution in [3.8, 4) is 0 Å². The maximum Gasteiger partial charge on any atom is 0.0775 e. The van der Waals surface area contributed by atoms with Gasteiger partial charge in [0.2, 0.25) is 0 Å². The molecule has 1 saturated heterocycles. The van der Waals surface area contributed by atoms with Gasteiger partial charge in [0.15, 0.2) is 0 Å². The Balaban J connectivity index is 2.37. The van der Waals surface area contributed by atoms with Crippen molar-refractivity contribution in [2.45, 2.75) is 58.6 Å². The molecule has 1 unspecified atom stereocenters. The lowest BCUT2D eigenvalue weighted by Crippen LogP contribution is -2.50. The maximum atomic E-state index is 5.63. The molecule has 0 bridgehead atoms. The van der Waals surface area contributed by atoms with Gasteiger partial charge < -0.3 is 15.0 Å². The normalized spacial score (nSPS) is 21.2. The molecule has 3 heteroatoms. The highest BCUT2D eigenvalue weighted by Crippen LogP contribution is 2.20. The van der Waals surface area contributed by atoms with Gasteiger partial charge in [-0.05, 0) is 65.2 Å². The van der Waals surface area contributed by atoms with Gasteiger partial charge >= 0.3 is 0 Å². The highest BCUT2D eigenvalue weighted by molar-refractivity contribution is 4.86. The van der Waals surface area contributed by atoms with Gasteiger partial charge in [-0.15, -0.1) is 0 Å². The van der Waals surface area contributed by atoms with Crippen molar-refractivity contribution in [2.24, 2.45) is 5.92 Å². The summed E-state index contributed by atoms with van der Waals surface area (Å²) in [6.07, 6.45) is 3.89. The van der Waals surface area contributed by atoms with Crippen LogP contribution in [0.2, 0.25) is 0 Å². The summed E-state index contributed by atoms with van der Waals surface area (Å²) >= 11 is 0. The number of nitrogens with zero attached hydrogens (tertiary/aromatic N) is 1. The van der Waals surface area contributed by atoms with Crippen LogP contribution in [0.3, 0.4) is 0 Å². The van der Waals surface area contributed by atoms with E-state index in [1.165, 1.54) is 38.9 Å². The third-order valence-electron chi connectivity index (χ3n) is 4.43. The Morgan fingerprint density at radius 3 is 2.44 bits per heavy atom. The Morgan fingerprint density at radius 2 is 1.94 bits per heavy atom. The van der Waals surface area contributed by atoms with Crippen LogP contribution >= 0.6 is 0 Å². The van der Waals surface area contributed by atoms with E-state index >= 15 is 0 Å². The SMILES string of the molecule is CCNC(CCN1CCC(C)CC1)C(C)(C)OC. The van der Waals surface area contributed by atoms with Crippen molar-refractivity contribution < 1.29 is 4.74 Å². The monoisotopic (exact) mass is 256 g/mol. The lowest BCUT2D eigenvalue weighted by Gasteiger charge is -2.36. The van der Waals surface area contributed by atoms with Gasteiger partial charge in [-0.2, -0.15) is 0 Å². The third-order valence-corrected chi connectivity index (χ3v) is 4.43. The molecule has 0 aliphatic carbocycles. The molecule has 1 aliphatic heterocycles. The highest BCUT2D eigenvalue weighted by Gasteiger charge is 2.29. The van der Waals surface area contributed by atoms with Crippen molar-refractivity contribution in [3.63, 3.8) is 0 Å². The fraction of sp³-hybridized carbons (Fsp3) is 1.00. The Kier molecular flexibility index (Phi) is 6.61. The van der Waals surface area contributed by atoms with E-state index in [0.717, 1.165) is 12.5 Å². The van der Waals surface area contributed by atoms with E-state index in [4.69, 9.17) is 4.74 Å². The summed E-state index contributed by atoms with van der Waals surface area (Å²) in [6, 6.07) is 0.437. The van der Waals surface area contributed by atoms with Crippen LogP contribution in [0.1, 0.15) is 47.0 Å². The first-order chi connectivity index (χ1) is 8.49. The van der Waals surface area contributed by atoms with E-state index in [9.17, 15) is 0 Å². The summed E-state index contributed by atoms with van der Waals surface area (Å²) in [5.41, 5.74) is -0.0842. The second kappa shape index (κ2) is 7.46. The second-order valence-corrected chi connectivity index (χ2v) is 6.23. The average Bonchev–Trinajstić information content (AvgIpc) is 2.36. The molecule has 3 nitrogen and oxygen atoms in total. The molecule has 0 aromatic carbocycles. The summed E-state index contributed by atoms with van der Waals surface area (Å²) < 4.78 is 5.63. The quantitative estimate of drug-likeness (QED) is 0.757. The maximum absolute atomic E-state index is 5.63. The molecule has 1 atom stereocenters. The van der Waals surface area contributed by atoms with Gasteiger partial charge in [-0.25, -0.2) is 0 Å². The number of hydrogen-bond acceptors (Lipinski definition) is 3. The zero-order chi connectivity index (χ0) is 13.6. The number of ether oxygens (including phenoxy) is 1. The molecule has 0 aromatic rings. The molecule has 1 rings (SSSR count). The van der Waals surface area contributed by atoms with Crippen LogP contribution in [0, 0.1) is 5.92 Å².